The number of carbonyl (C=O) groups excluding carboxylic acids is 1. The molecule has 4 nitrogen and oxygen atoms in total. The lowest BCUT2D eigenvalue weighted by Crippen LogP contribution is -2.36. The molecule has 1 aromatic carbocycles. The summed E-state index contributed by atoms with van der Waals surface area (Å²) in [7, 11) is 1.60. The zero-order valence-corrected chi connectivity index (χ0v) is 11.1. The summed E-state index contributed by atoms with van der Waals surface area (Å²) in [5.74, 6) is 1.96. The summed E-state index contributed by atoms with van der Waals surface area (Å²) in [5, 5.41) is 0. The first kappa shape index (κ1) is 12.5. The van der Waals surface area contributed by atoms with Crippen LogP contribution in [0.4, 0.5) is 0 Å². The highest BCUT2D eigenvalue weighted by Crippen LogP contribution is 2.35. The van der Waals surface area contributed by atoms with Gasteiger partial charge < -0.3 is 14.2 Å². The van der Waals surface area contributed by atoms with Gasteiger partial charge in [0.15, 0.2) is 5.78 Å². The molecule has 2 aliphatic rings. The molecule has 19 heavy (non-hydrogen) atoms. The predicted octanol–water partition coefficient (Wildman–Crippen LogP) is 2.46. The third-order valence-corrected chi connectivity index (χ3v) is 3.94. The molecule has 0 aromatic heterocycles. The van der Waals surface area contributed by atoms with Crippen LogP contribution in [0.25, 0.3) is 0 Å². The Hall–Kier alpha value is -1.55. The van der Waals surface area contributed by atoms with E-state index in [1.165, 1.54) is 0 Å². The van der Waals surface area contributed by atoms with Gasteiger partial charge in [0, 0.05) is 25.6 Å². The smallest absolute Gasteiger partial charge is 0.170 e. The molecule has 1 atom stereocenters. The van der Waals surface area contributed by atoms with Crippen molar-refractivity contribution < 1.29 is 19.0 Å². The minimum atomic E-state index is -0.00250. The number of benzene rings is 1. The van der Waals surface area contributed by atoms with E-state index in [2.05, 4.69) is 0 Å². The number of carbonyl (C=O) groups is 1. The zero-order chi connectivity index (χ0) is 13.2. The normalized spacial score (nSPS) is 23.6. The summed E-state index contributed by atoms with van der Waals surface area (Å²) in [6.45, 7) is 1.54. The van der Waals surface area contributed by atoms with Gasteiger partial charge in [-0.25, -0.2) is 0 Å². The molecule has 2 aliphatic heterocycles. The van der Waals surface area contributed by atoms with Gasteiger partial charge in [-0.3, -0.25) is 4.79 Å². The molecule has 0 amide bonds. The first-order valence-corrected chi connectivity index (χ1v) is 6.73. The van der Waals surface area contributed by atoms with E-state index < -0.39 is 0 Å². The fourth-order valence-electron chi connectivity index (χ4n) is 2.80. The van der Waals surface area contributed by atoms with Gasteiger partial charge in [-0.2, -0.15) is 0 Å². The van der Waals surface area contributed by atoms with Crippen LogP contribution in [0.2, 0.25) is 0 Å². The number of rotatable bonds is 2. The molecule has 0 saturated carbocycles. The molecule has 0 radical (unpaired) electrons. The monoisotopic (exact) mass is 262 g/mol. The average Bonchev–Trinajstić information content (AvgIpc) is 2.48. The maximum Gasteiger partial charge on any atom is 0.170 e. The van der Waals surface area contributed by atoms with Crippen LogP contribution in [0.1, 0.15) is 29.6 Å². The van der Waals surface area contributed by atoms with Gasteiger partial charge in [0.25, 0.3) is 0 Å². The number of hydrogen-bond acceptors (Lipinski definition) is 4. The highest BCUT2D eigenvalue weighted by molar-refractivity contribution is 6.00. The van der Waals surface area contributed by atoms with Crippen LogP contribution in [0, 0.1) is 5.92 Å². The summed E-state index contributed by atoms with van der Waals surface area (Å²) >= 11 is 0. The topological polar surface area (TPSA) is 44.8 Å². The Balaban J connectivity index is 1.81. The van der Waals surface area contributed by atoms with Gasteiger partial charge in [-0.15, -0.1) is 0 Å². The quantitative estimate of drug-likeness (QED) is 0.821. The van der Waals surface area contributed by atoms with Crippen molar-refractivity contribution in [3.05, 3.63) is 23.8 Å². The van der Waals surface area contributed by atoms with Crippen molar-refractivity contribution in [3.8, 4) is 11.5 Å². The Morgan fingerprint density at radius 2 is 2.05 bits per heavy atom. The Morgan fingerprint density at radius 1 is 1.26 bits per heavy atom. The van der Waals surface area contributed by atoms with Crippen LogP contribution >= 0.6 is 0 Å². The maximum absolute atomic E-state index is 12.2. The van der Waals surface area contributed by atoms with Crippen molar-refractivity contribution in [1.29, 1.82) is 0 Å². The van der Waals surface area contributed by atoms with Gasteiger partial charge in [0.2, 0.25) is 0 Å². The van der Waals surface area contributed by atoms with Crippen LogP contribution in [0.15, 0.2) is 18.2 Å². The number of ether oxygens (including phenoxy) is 3. The molecule has 102 valence electrons. The third kappa shape index (κ3) is 2.45. The summed E-state index contributed by atoms with van der Waals surface area (Å²) in [5.41, 5.74) is 0.641. The molecule has 3 rings (SSSR count). The summed E-state index contributed by atoms with van der Waals surface area (Å²) in [6, 6.07) is 5.42. The number of fused-ring (bicyclic) bond motifs is 1. The molecule has 1 unspecified atom stereocenters. The van der Waals surface area contributed by atoms with Crippen molar-refractivity contribution in [2.24, 2.45) is 5.92 Å². The lowest BCUT2D eigenvalue weighted by Gasteiger charge is -2.33. The first-order valence-electron chi connectivity index (χ1n) is 6.73. The van der Waals surface area contributed by atoms with E-state index in [4.69, 9.17) is 14.2 Å². The van der Waals surface area contributed by atoms with Crippen LogP contribution in [-0.2, 0) is 4.74 Å². The summed E-state index contributed by atoms with van der Waals surface area (Å²) < 4.78 is 16.5. The van der Waals surface area contributed by atoms with Crippen molar-refractivity contribution >= 4 is 5.78 Å². The fourth-order valence-corrected chi connectivity index (χ4v) is 2.80. The average molecular weight is 262 g/mol. The minimum Gasteiger partial charge on any atom is -0.497 e. The van der Waals surface area contributed by atoms with E-state index >= 15 is 0 Å². The molecule has 0 aliphatic carbocycles. The van der Waals surface area contributed by atoms with E-state index in [-0.39, 0.29) is 11.9 Å². The van der Waals surface area contributed by atoms with Gasteiger partial charge in [0.05, 0.1) is 12.7 Å². The van der Waals surface area contributed by atoms with Gasteiger partial charge in [0.1, 0.15) is 17.6 Å². The Kier molecular flexibility index (Phi) is 3.42. The van der Waals surface area contributed by atoms with Gasteiger partial charge in [-0.1, -0.05) is 0 Å². The van der Waals surface area contributed by atoms with Crippen molar-refractivity contribution in [2.45, 2.75) is 25.4 Å². The number of methoxy groups -OCH3 is 1. The lowest BCUT2D eigenvalue weighted by molar-refractivity contribution is 0.0119. The Morgan fingerprint density at radius 3 is 2.79 bits per heavy atom. The molecule has 2 heterocycles. The maximum atomic E-state index is 12.2. The van der Waals surface area contributed by atoms with Crippen LogP contribution < -0.4 is 9.47 Å². The molecular formula is C15H18O4. The van der Waals surface area contributed by atoms with E-state index in [1.807, 2.05) is 12.1 Å². The minimum absolute atomic E-state index is 0.00250. The predicted molar refractivity (Wildman–Crippen MR) is 69.9 cm³/mol. The molecule has 0 bridgehead atoms. The highest BCUT2D eigenvalue weighted by Gasteiger charge is 2.33. The lowest BCUT2D eigenvalue weighted by atomic mass is 9.87. The first-order chi connectivity index (χ1) is 9.28. The van der Waals surface area contributed by atoms with Crippen LogP contribution in [0.5, 0.6) is 11.5 Å². The van der Waals surface area contributed by atoms with E-state index in [0.29, 0.717) is 29.4 Å². The largest absolute Gasteiger partial charge is 0.497 e. The second-order valence-corrected chi connectivity index (χ2v) is 5.10. The number of Topliss-reactive ketones (excluding diaryl/α,β-unsaturated/α-hetero) is 1. The molecule has 0 N–H and O–H groups in total. The molecule has 0 spiro atoms. The Labute approximate surface area is 112 Å². The third-order valence-electron chi connectivity index (χ3n) is 3.94. The van der Waals surface area contributed by atoms with Crippen molar-refractivity contribution in [3.63, 3.8) is 0 Å². The molecule has 1 fully saturated rings. The van der Waals surface area contributed by atoms with Gasteiger partial charge in [-0.05, 0) is 31.0 Å². The second-order valence-electron chi connectivity index (χ2n) is 5.10. The van der Waals surface area contributed by atoms with Crippen molar-refractivity contribution in [2.75, 3.05) is 20.3 Å². The van der Waals surface area contributed by atoms with E-state index in [1.54, 1.807) is 13.2 Å². The highest BCUT2D eigenvalue weighted by atomic mass is 16.5. The standard InChI is InChI=1S/C15H18O4/c1-17-11-2-3-14-12(8-11)13(16)9-15(19-14)10-4-6-18-7-5-10/h2-3,8,10,15H,4-7,9H2,1H3. The van der Waals surface area contributed by atoms with Crippen molar-refractivity contribution in [1.82, 2.24) is 0 Å². The Bertz CT molecular complexity index is 477. The van der Waals surface area contributed by atoms with E-state index in [9.17, 15) is 4.79 Å². The molecule has 1 aromatic rings. The SMILES string of the molecule is COc1ccc2c(c1)C(=O)CC(C1CCOCC1)O2. The zero-order valence-electron chi connectivity index (χ0n) is 11.1. The van der Waals surface area contributed by atoms with Crippen LogP contribution in [-0.4, -0.2) is 32.2 Å². The van der Waals surface area contributed by atoms with E-state index in [0.717, 1.165) is 26.1 Å². The second kappa shape index (κ2) is 5.21. The molecule has 4 heteroatoms. The molecule has 1 saturated heterocycles. The summed E-state index contributed by atoms with van der Waals surface area (Å²) in [4.78, 5) is 12.2. The van der Waals surface area contributed by atoms with Crippen LogP contribution in [0.3, 0.4) is 0 Å². The fraction of sp³-hybridized carbons (Fsp3) is 0.533. The van der Waals surface area contributed by atoms with Gasteiger partial charge >= 0.3 is 0 Å². The number of hydrogen-bond donors (Lipinski definition) is 0. The number of ketones is 1. The molecular weight excluding hydrogens is 244 g/mol. The summed E-state index contributed by atoms with van der Waals surface area (Å²) in [6.07, 6.45) is 2.41.